The largest absolute Gasteiger partial charge is 0.493 e. The number of ether oxygens (including phenoxy) is 4. The number of benzene rings is 2. The van der Waals surface area contributed by atoms with Gasteiger partial charge in [0, 0.05) is 20.0 Å². The highest BCUT2D eigenvalue weighted by Gasteiger charge is 2.18. The maximum atomic E-state index is 11.6. The minimum Gasteiger partial charge on any atom is -0.493 e. The summed E-state index contributed by atoms with van der Waals surface area (Å²) in [4.78, 5) is 22.7. The van der Waals surface area contributed by atoms with Gasteiger partial charge in [-0.1, -0.05) is 18.2 Å². The second-order valence-electron chi connectivity index (χ2n) is 6.35. The molecule has 0 saturated carbocycles. The molecule has 7 heteroatoms. The van der Waals surface area contributed by atoms with Crippen LogP contribution < -0.4 is 14.2 Å². The number of aliphatic carboxylic acids is 1. The van der Waals surface area contributed by atoms with E-state index in [0.29, 0.717) is 42.4 Å². The SMILES string of the molecule is COc1cc(CC(OC)C(=O)O)ccc1OCCCOc1ccccc1C(C)=O. The Bertz CT molecular complexity index is 832. The molecule has 156 valence electrons. The number of carboxylic acid groups (broad SMARTS) is 1. The third kappa shape index (κ3) is 6.50. The highest BCUT2D eigenvalue weighted by molar-refractivity contribution is 5.96. The number of rotatable bonds is 12. The van der Waals surface area contributed by atoms with Gasteiger partial charge in [-0.25, -0.2) is 4.79 Å². The van der Waals surface area contributed by atoms with Gasteiger partial charge in [0.1, 0.15) is 5.75 Å². The summed E-state index contributed by atoms with van der Waals surface area (Å²) in [5.41, 5.74) is 1.33. The molecule has 1 unspecified atom stereocenters. The summed E-state index contributed by atoms with van der Waals surface area (Å²) in [5, 5.41) is 9.10. The van der Waals surface area contributed by atoms with Gasteiger partial charge in [0.05, 0.1) is 25.9 Å². The molecule has 0 aliphatic rings. The van der Waals surface area contributed by atoms with Crippen LogP contribution in [0.3, 0.4) is 0 Å². The molecule has 0 amide bonds. The Balaban J connectivity index is 1.87. The molecule has 0 fully saturated rings. The van der Waals surface area contributed by atoms with Gasteiger partial charge in [-0.05, 0) is 36.8 Å². The molecule has 0 spiro atoms. The van der Waals surface area contributed by atoms with Gasteiger partial charge in [-0.15, -0.1) is 0 Å². The van der Waals surface area contributed by atoms with Crippen LogP contribution in [-0.4, -0.2) is 50.4 Å². The summed E-state index contributed by atoms with van der Waals surface area (Å²) >= 11 is 0. The van der Waals surface area contributed by atoms with Crippen LogP contribution >= 0.6 is 0 Å². The Labute approximate surface area is 170 Å². The monoisotopic (exact) mass is 402 g/mol. The Kier molecular flexibility index (Phi) is 8.48. The number of Topliss-reactive ketones (excluding diaryl/α,β-unsaturated/α-hetero) is 1. The van der Waals surface area contributed by atoms with Gasteiger partial charge >= 0.3 is 5.97 Å². The molecule has 0 radical (unpaired) electrons. The lowest BCUT2D eigenvalue weighted by molar-refractivity contribution is -0.148. The molecular weight excluding hydrogens is 376 g/mol. The van der Waals surface area contributed by atoms with Crippen molar-refractivity contribution < 1.29 is 33.6 Å². The highest BCUT2D eigenvalue weighted by Crippen LogP contribution is 2.29. The third-order valence-corrected chi connectivity index (χ3v) is 4.28. The molecule has 2 aromatic carbocycles. The summed E-state index contributed by atoms with van der Waals surface area (Å²) in [6, 6.07) is 12.4. The van der Waals surface area contributed by atoms with Crippen LogP contribution in [0.25, 0.3) is 0 Å². The van der Waals surface area contributed by atoms with E-state index in [0.717, 1.165) is 5.56 Å². The predicted molar refractivity (Wildman–Crippen MR) is 107 cm³/mol. The lowest BCUT2D eigenvalue weighted by atomic mass is 10.1. The van der Waals surface area contributed by atoms with Crippen LogP contribution in [0.15, 0.2) is 42.5 Å². The molecule has 7 nitrogen and oxygen atoms in total. The summed E-state index contributed by atoms with van der Waals surface area (Å²) in [7, 11) is 2.89. The fraction of sp³-hybridized carbons (Fsp3) is 0.364. The predicted octanol–water partition coefficient (Wildman–Crippen LogP) is 3.39. The first-order valence-electron chi connectivity index (χ1n) is 9.24. The van der Waals surface area contributed by atoms with E-state index in [-0.39, 0.29) is 12.2 Å². The fourth-order valence-electron chi connectivity index (χ4n) is 2.75. The average Bonchev–Trinajstić information content (AvgIpc) is 2.72. The van der Waals surface area contributed by atoms with Gasteiger partial charge in [0.25, 0.3) is 0 Å². The van der Waals surface area contributed by atoms with E-state index in [2.05, 4.69) is 0 Å². The van der Waals surface area contributed by atoms with Crippen molar-refractivity contribution in [2.24, 2.45) is 0 Å². The van der Waals surface area contributed by atoms with Gasteiger partial charge < -0.3 is 24.1 Å². The first kappa shape index (κ1) is 22.2. The molecule has 0 aliphatic carbocycles. The van der Waals surface area contributed by atoms with Crippen molar-refractivity contribution in [1.29, 1.82) is 0 Å². The van der Waals surface area contributed by atoms with Crippen LogP contribution in [0.4, 0.5) is 0 Å². The van der Waals surface area contributed by atoms with Gasteiger partial charge in [0.2, 0.25) is 0 Å². The van der Waals surface area contributed by atoms with E-state index in [1.54, 1.807) is 36.4 Å². The normalized spacial score (nSPS) is 11.6. The smallest absolute Gasteiger partial charge is 0.333 e. The topological polar surface area (TPSA) is 91.3 Å². The molecule has 2 rings (SSSR count). The summed E-state index contributed by atoms with van der Waals surface area (Å²) in [6.45, 7) is 2.30. The van der Waals surface area contributed by atoms with Crippen LogP contribution in [0.5, 0.6) is 17.2 Å². The molecule has 1 atom stereocenters. The zero-order valence-electron chi connectivity index (χ0n) is 16.8. The minimum absolute atomic E-state index is 0.0414. The van der Waals surface area contributed by atoms with Crippen molar-refractivity contribution in [2.45, 2.75) is 25.9 Å². The van der Waals surface area contributed by atoms with E-state index >= 15 is 0 Å². The number of carbonyl (C=O) groups excluding carboxylic acids is 1. The van der Waals surface area contributed by atoms with Gasteiger partial charge in [0.15, 0.2) is 23.4 Å². The molecule has 0 aliphatic heterocycles. The standard InChI is InChI=1S/C22H26O7/c1-15(23)17-7-4-5-8-18(17)28-11-6-12-29-19-10-9-16(13-20(19)26-2)14-21(27-3)22(24)25/h4-5,7-10,13,21H,6,11-12,14H2,1-3H3,(H,24,25). The quantitative estimate of drug-likeness (QED) is 0.430. The number of hydrogen-bond donors (Lipinski definition) is 1. The number of methoxy groups -OCH3 is 2. The van der Waals surface area contributed by atoms with Crippen molar-refractivity contribution in [3.8, 4) is 17.2 Å². The number of para-hydroxylation sites is 1. The van der Waals surface area contributed by atoms with Crippen LogP contribution in [0.2, 0.25) is 0 Å². The van der Waals surface area contributed by atoms with Gasteiger partial charge in [-0.3, -0.25) is 4.79 Å². The van der Waals surface area contributed by atoms with E-state index < -0.39 is 12.1 Å². The number of hydrogen-bond acceptors (Lipinski definition) is 6. The second-order valence-corrected chi connectivity index (χ2v) is 6.35. The number of ketones is 1. The lowest BCUT2D eigenvalue weighted by Crippen LogP contribution is -2.24. The van der Waals surface area contributed by atoms with Crippen LogP contribution in [0.1, 0.15) is 29.3 Å². The maximum Gasteiger partial charge on any atom is 0.333 e. The molecule has 29 heavy (non-hydrogen) atoms. The Hall–Kier alpha value is -3.06. The van der Waals surface area contributed by atoms with E-state index in [4.69, 9.17) is 24.1 Å². The Morgan fingerprint density at radius 2 is 1.66 bits per heavy atom. The Morgan fingerprint density at radius 1 is 0.966 bits per heavy atom. The molecule has 0 heterocycles. The van der Waals surface area contributed by atoms with Crippen molar-refractivity contribution in [3.05, 3.63) is 53.6 Å². The fourth-order valence-corrected chi connectivity index (χ4v) is 2.75. The van der Waals surface area contributed by atoms with Crippen LogP contribution in [-0.2, 0) is 16.0 Å². The maximum absolute atomic E-state index is 11.6. The van der Waals surface area contributed by atoms with E-state index in [1.807, 2.05) is 6.07 Å². The Morgan fingerprint density at radius 3 is 2.28 bits per heavy atom. The van der Waals surface area contributed by atoms with E-state index in [1.165, 1.54) is 21.1 Å². The summed E-state index contributed by atoms with van der Waals surface area (Å²) < 4.78 is 21.8. The average molecular weight is 402 g/mol. The molecule has 0 saturated heterocycles. The summed E-state index contributed by atoms with van der Waals surface area (Å²) in [5.74, 6) is 0.585. The van der Waals surface area contributed by atoms with Gasteiger partial charge in [-0.2, -0.15) is 0 Å². The number of carboxylic acids is 1. The summed E-state index contributed by atoms with van der Waals surface area (Å²) in [6.07, 6.45) is -0.0742. The highest BCUT2D eigenvalue weighted by atomic mass is 16.5. The third-order valence-electron chi connectivity index (χ3n) is 4.28. The molecular formula is C22H26O7. The van der Waals surface area contributed by atoms with Crippen LogP contribution in [0, 0.1) is 0 Å². The lowest BCUT2D eigenvalue weighted by Gasteiger charge is -2.15. The zero-order chi connectivity index (χ0) is 21.2. The van der Waals surface area contributed by atoms with E-state index in [9.17, 15) is 9.59 Å². The minimum atomic E-state index is -1.02. The van der Waals surface area contributed by atoms with Crippen molar-refractivity contribution in [2.75, 3.05) is 27.4 Å². The van der Waals surface area contributed by atoms with Crippen molar-refractivity contribution in [1.82, 2.24) is 0 Å². The van der Waals surface area contributed by atoms with Crippen molar-refractivity contribution >= 4 is 11.8 Å². The molecule has 1 N–H and O–H groups in total. The van der Waals surface area contributed by atoms with Crippen molar-refractivity contribution in [3.63, 3.8) is 0 Å². The molecule has 0 aromatic heterocycles. The zero-order valence-corrected chi connectivity index (χ0v) is 16.8. The molecule has 2 aromatic rings. The number of carbonyl (C=O) groups is 2. The molecule has 0 bridgehead atoms. The second kappa shape index (κ2) is 11.1. The first-order chi connectivity index (χ1) is 14.0. The first-order valence-corrected chi connectivity index (χ1v) is 9.24.